The molecule has 2 aromatic rings. The first kappa shape index (κ1) is 15.3. The van der Waals surface area contributed by atoms with Crippen LogP contribution >= 0.6 is 0 Å². The van der Waals surface area contributed by atoms with Crippen molar-refractivity contribution in [2.75, 3.05) is 5.32 Å². The maximum absolute atomic E-state index is 12.1. The summed E-state index contributed by atoms with van der Waals surface area (Å²) in [6.07, 6.45) is 3.32. The minimum absolute atomic E-state index is 0.106. The topological polar surface area (TPSA) is 29.1 Å². The number of nitrogens with one attached hydrogen (secondary N) is 1. The van der Waals surface area contributed by atoms with Crippen LogP contribution < -0.4 is 5.32 Å². The normalized spacial score (nSPS) is 10.4. The average molecular weight is 281 g/mol. The van der Waals surface area contributed by atoms with Crippen molar-refractivity contribution < 1.29 is 4.79 Å². The Labute approximate surface area is 127 Å². The molecule has 21 heavy (non-hydrogen) atoms. The van der Waals surface area contributed by atoms with Crippen LogP contribution in [0.1, 0.15) is 36.5 Å². The summed E-state index contributed by atoms with van der Waals surface area (Å²) in [6, 6.07) is 16.5. The molecule has 110 valence electrons. The molecule has 1 N–H and O–H groups in total. The first-order valence-corrected chi connectivity index (χ1v) is 7.63. The van der Waals surface area contributed by atoms with Crippen LogP contribution in [-0.2, 0) is 17.6 Å². The number of carbonyl (C=O) groups excluding carboxylic acids is 1. The van der Waals surface area contributed by atoms with Crippen LogP contribution in [0, 0.1) is 6.92 Å². The van der Waals surface area contributed by atoms with Crippen molar-refractivity contribution in [2.45, 2.75) is 39.5 Å². The van der Waals surface area contributed by atoms with E-state index in [4.69, 9.17) is 0 Å². The van der Waals surface area contributed by atoms with E-state index < -0.39 is 0 Å². The summed E-state index contributed by atoms with van der Waals surface area (Å²) in [5.74, 6) is 0.106. The van der Waals surface area contributed by atoms with Crippen molar-refractivity contribution in [3.63, 3.8) is 0 Å². The third kappa shape index (κ3) is 4.45. The van der Waals surface area contributed by atoms with Gasteiger partial charge in [0.05, 0.1) is 0 Å². The molecule has 0 spiro atoms. The standard InChI is InChI=1S/C19H23NO/c1-3-17-13-7-9-15(2)19(17)20-18(21)14-8-12-16-10-5-4-6-11-16/h4-7,9-11,13H,3,8,12,14H2,1-2H3,(H,20,21). The molecule has 0 bridgehead atoms. The maximum Gasteiger partial charge on any atom is 0.224 e. The Morgan fingerprint density at radius 2 is 1.81 bits per heavy atom. The highest BCUT2D eigenvalue weighted by atomic mass is 16.1. The number of rotatable bonds is 6. The lowest BCUT2D eigenvalue weighted by Crippen LogP contribution is -2.14. The lowest BCUT2D eigenvalue weighted by atomic mass is 10.0. The summed E-state index contributed by atoms with van der Waals surface area (Å²) in [6.45, 7) is 4.15. The Balaban J connectivity index is 1.88. The summed E-state index contributed by atoms with van der Waals surface area (Å²) in [5.41, 5.74) is 4.61. The minimum atomic E-state index is 0.106. The molecule has 0 saturated carbocycles. The zero-order chi connectivity index (χ0) is 15.1. The molecule has 1 amide bonds. The van der Waals surface area contributed by atoms with E-state index >= 15 is 0 Å². The van der Waals surface area contributed by atoms with Gasteiger partial charge in [-0.1, -0.05) is 55.5 Å². The summed E-state index contributed by atoms with van der Waals surface area (Å²) in [7, 11) is 0. The van der Waals surface area contributed by atoms with E-state index in [1.807, 2.05) is 37.3 Å². The van der Waals surface area contributed by atoms with Gasteiger partial charge < -0.3 is 5.32 Å². The molecular formula is C19H23NO. The fourth-order valence-corrected chi connectivity index (χ4v) is 2.50. The molecule has 0 aliphatic carbocycles. The largest absolute Gasteiger partial charge is 0.326 e. The third-order valence-electron chi connectivity index (χ3n) is 3.72. The fraction of sp³-hybridized carbons (Fsp3) is 0.316. The predicted molar refractivity (Wildman–Crippen MR) is 88.6 cm³/mol. The highest BCUT2D eigenvalue weighted by Crippen LogP contribution is 2.21. The van der Waals surface area contributed by atoms with Crippen molar-refractivity contribution >= 4 is 11.6 Å². The van der Waals surface area contributed by atoms with Gasteiger partial charge in [-0.05, 0) is 42.9 Å². The molecule has 2 aromatic carbocycles. The van der Waals surface area contributed by atoms with E-state index in [0.29, 0.717) is 6.42 Å². The molecule has 2 nitrogen and oxygen atoms in total. The van der Waals surface area contributed by atoms with Crippen LogP contribution in [0.4, 0.5) is 5.69 Å². The van der Waals surface area contributed by atoms with Crippen molar-refractivity contribution in [3.05, 3.63) is 65.2 Å². The van der Waals surface area contributed by atoms with E-state index in [2.05, 4.69) is 30.4 Å². The number of para-hydroxylation sites is 1. The lowest BCUT2D eigenvalue weighted by molar-refractivity contribution is -0.116. The molecule has 2 heteroatoms. The first-order chi connectivity index (χ1) is 10.2. The van der Waals surface area contributed by atoms with E-state index in [0.717, 1.165) is 30.5 Å². The Bertz CT molecular complexity index is 590. The fourth-order valence-electron chi connectivity index (χ4n) is 2.50. The molecular weight excluding hydrogens is 258 g/mol. The molecule has 0 heterocycles. The van der Waals surface area contributed by atoms with Crippen LogP contribution in [0.2, 0.25) is 0 Å². The van der Waals surface area contributed by atoms with Gasteiger partial charge in [-0.3, -0.25) is 4.79 Å². The van der Waals surface area contributed by atoms with Crippen molar-refractivity contribution in [1.82, 2.24) is 0 Å². The predicted octanol–water partition coefficient (Wildman–Crippen LogP) is 4.52. The van der Waals surface area contributed by atoms with Gasteiger partial charge in [0, 0.05) is 12.1 Å². The molecule has 0 fully saturated rings. The van der Waals surface area contributed by atoms with Crippen molar-refractivity contribution in [3.8, 4) is 0 Å². The van der Waals surface area contributed by atoms with Crippen molar-refractivity contribution in [2.24, 2.45) is 0 Å². The molecule has 0 aliphatic rings. The number of hydrogen-bond donors (Lipinski definition) is 1. The number of amides is 1. The van der Waals surface area contributed by atoms with Crippen LogP contribution in [0.25, 0.3) is 0 Å². The highest BCUT2D eigenvalue weighted by Gasteiger charge is 2.08. The second-order valence-electron chi connectivity index (χ2n) is 5.35. The minimum Gasteiger partial charge on any atom is -0.326 e. The Hall–Kier alpha value is -2.09. The Morgan fingerprint density at radius 1 is 1.05 bits per heavy atom. The second kappa shape index (κ2) is 7.63. The number of carbonyl (C=O) groups is 1. The van der Waals surface area contributed by atoms with Crippen LogP contribution in [0.5, 0.6) is 0 Å². The molecule has 0 aliphatic heterocycles. The van der Waals surface area contributed by atoms with E-state index in [9.17, 15) is 4.79 Å². The molecule has 0 atom stereocenters. The summed E-state index contributed by atoms with van der Waals surface area (Å²) < 4.78 is 0. The third-order valence-corrected chi connectivity index (χ3v) is 3.72. The van der Waals surface area contributed by atoms with Gasteiger partial charge in [0.15, 0.2) is 0 Å². The maximum atomic E-state index is 12.1. The lowest BCUT2D eigenvalue weighted by Gasteiger charge is -2.13. The number of anilines is 1. The molecule has 0 unspecified atom stereocenters. The van der Waals surface area contributed by atoms with E-state index in [1.165, 1.54) is 11.1 Å². The molecule has 0 aromatic heterocycles. The highest BCUT2D eigenvalue weighted by molar-refractivity contribution is 5.92. The monoisotopic (exact) mass is 281 g/mol. The first-order valence-electron chi connectivity index (χ1n) is 7.63. The van der Waals surface area contributed by atoms with Gasteiger partial charge in [-0.15, -0.1) is 0 Å². The van der Waals surface area contributed by atoms with Gasteiger partial charge in [0.25, 0.3) is 0 Å². The smallest absolute Gasteiger partial charge is 0.224 e. The van der Waals surface area contributed by atoms with Gasteiger partial charge in [-0.25, -0.2) is 0 Å². The molecule has 0 radical (unpaired) electrons. The summed E-state index contributed by atoms with van der Waals surface area (Å²) in [5, 5.41) is 3.08. The summed E-state index contributed by atoms with van der Waals surface area (Å²) in [4.78, 5) is 12.1. The van der Waals surface area contributed by atoms with Crippen LogP contribution in [0.15, 0.2) is 48.5 Å². The number of hydrogen-bond acceptors (Lipinski definition) is 1. The van der Waals surface area contributed by atoms with Crippen LogP contribution in [-0.4, -0.2) is 5.91 Å². The Kier molecular flexibility index (Phi) is 5.56. The van der Waals surface area contributed by atoms with E-state index in [-0.39, 0.29) is 5.91 Å². The Morgan fingerprint density at radius 3 is 2.52 bits per heavy atom. The zero-order valence-electron chi connectivity index (χ0n) is 12.9. The summed E-state index contributed by atoms with van der Waals surface area (Å²) >= 11 is 0. The van der Waals surface area contributed by atoms with Gasteiger partial charge in [-0.2, -0.15) is 0 Å². The number of benzene rings is 2. The molecule has 2 rings (SSSR count). The van der Waals surface area contributed by atoms with Gasteiger partial charge >= 0.3 is 0 Å². The van der Waals surface area contributed by atoms with Crippen LogP contribution in [0.3, 0.4) is 0 Å². The SMILES string of the molecule is CCc1cccc(C)c1NC(=O)CCCc1ccccc1. The van der Waals surface area contributed by atoms with Gasteiger partial charge in [0.2, 0.25) is 5.91 Å². The zero-order valence-corrected chi connectivity index (χ0v) is 12.9. The molecule has 0 saturated heterocycles. The quantitative estimate of drug-likeness (QED) is 0.828. The second-order valence-corrected chi connectivity index (χ2v) is 5.35. The number of aryl methyl sites for hydroxylation is 3. The average Bonchev–Trinajstić information content (AvgIpc) is 2.50. The van der Waals surface area contributed by atoms with Gasteiger partial charge in [0.1, 0.15) is 0 Å². The van der Waals surface area contributed by atoms with E-state index in [1.54, 1.807) is 0 Å². The van der Waals surface area contributed by atoms with Crippen molar-refractivity contribution in [1.29, 1.82) is 0 Å².